The third-order valence-electron chi connectivity index (χ3n) is 4.85. The predicted molar refractivity (Wildman–Crippen MR) is 104 cm³/mol. The fourth-order valence-electron chi connectivity index (χ4n) is 3.51. The molecule has 0 saturated carbocycles. The van der Waals surface area contributed by atoms with Gasteiger partial charge in [-0.1, -0.05) is 0 Å². The summed E-state index contributed by atoms with van der Waals surface area (Å²) in [4.78, 5) is 34.5. The molecule has 136 valence electrons. The van der Waals surface area contributed by atoms with Gasteiger partial charge in [-0.2, -0.15) is 0 Å². The molecule has 0 radical (unpaired) electrons. The van der Waals surface area contributed by atoms with E-state index in [4.69, 9.17) is 4.98 Å². The lowest BCUT2D eigenvalue weighted by atomic mass is 9.97. The highest BCUT2D eigenvalue weighted by molar-refractivity contribution is 7.18. The van der Waals surface area contributed by atoms with Crippen LogP contribution in [-0.2, 0) is 12.8 Å². The zero-order valence-corrected chi connectivity index (χ0v) is 15.9. The highest BCUT2D eigenvalue weighted by Crippen LogP contribution is 2.34. The summed E-state index contributed by atoms with van der Waals surface area (Å²) in [5.74, 6) is -0.197. The van der Waals surface area contributed by atoms with Crippen LogP contribution in [0.3, 0.4) is 0 Å². The number of nitrogens with one attached hydrogen (secondary N) is 1. The first-order valence-electron chi connectivity index (χ1n) is 8.95. The molecule has 0 fully saturated rings. The lowest BCUT2D eigenvalue weighted by Crippen LogP contribution is -2.32. The number of carbonyl (C=O) groups is 1. The van der Waals surface area contributed by atoms with Crippen LogP contribution in [0.4, 0.5) is 0 Å². The molecule has 0 bridgehead atoms. The molecular weight excluding hydrogens is 348 g/mol. The number of pyridine rings is 1. The predicted octanol–water partition coefficient (Wildman–Crippen LogP) is 2.08. The Bertz CT molecular complexity index is 1050. The molecule has 3 aromatic rings. The molecular formula is C19H22N4O2S. The molecule has 1 aliphatic carbocycles. The van der Waals surface area contributed by atoms with E-state index in [9.17, 15) is 9.59 Å². The molecule has 1 N–H and O–H groups in total. The van der Waals surface area contributed by atoms with Gasteiger partial charge in [-0.15, -0.1) is 11.3 Å². The molecule has 0 unspecified atom stereocenters. The van der Waals surface area contributed by atoms with Crippen molar-refractivity contribution in [3.8, 4) is 0 Å². The monoisotopic (exact) mass is 370 g/mol. The van der Waals surface area contributed by atoms with Gasteiger partial charge in [-0.3, -0.25) is 14.0 Å². The van der Waals surface area contributed by atoms with Crippen molar-refractivity contribution in [1.82, 2.24) is 19.6 Å². The van der Waals surface area contributed by atoms with Gasteiger partial charge in [0.05, 0.1) is 10.9 Å². The van der Waals surface area contributed by atoms with Crippen LogP contribution in [0.25, 0.3) is 15.9 Å². The third-order valence-corrected chi connectivity index (χ3v) is 6.03. The molecule has 4 rings (SSSR count). The largest absolute Gasteiger partial charge is 0.351 e. The Kier molecular flexibility index (Phi) is 4.50. The van der Waals surface area contributed by atoms with E-state index >= 15 is 0 Å². The Labute approximate surface area is 155 Å². The topological polar surface area (TPSA) is 66.7 Å². The maximum Gasteiger partial charge on any atom is 0.266 e. The molecule has 0 aliphatic heterocycles. The summed E-state index contributed by atoms with van der Waals surface area (Å²) in [6, 6.07) is 3.47. The number of aryl methyl sites for hydroxylation is 2. The van der Waals surface area contributed by atoms with Crippen LogP contribution in [-0.4, -0.2) is 47.4 Å². The second-order valence-electron chi connectivity index (χ2n) is 6.98. The summed E-state index contributed by atoms with van der Waals surface area (Å²) >= 11 is 1.61. The maximum absolute atomic E-state index is 13.1. The number of hydrogen-bond acceptors (Lipinski definition) is 5. The molecule has 7 heteroatoms. The molecule has 6 nitrogen and oxygen atoms in total. The van der Waals surface area contributed by atoms with Crippen LogP contribution in [0, 0.1) is 0 Å². The van der Waals surface area contributed by atoms with Crippen LogP contribution in [0.15, 0.2) is 23.1 Å². The van der Waals surface area contributed by atoms with E-state index in [0.717, 1.165) is 36.0 Å². The van der Waals surface area contributed by atoms with Gasteiger partial charge in [0, 0.05) is 24.2 Å². The number of likely N-dealkylation sites (N-methyl/N-ethyl adjacent to an activating group) is 1. The number of hydrogen-bond donors (Lipinski definition) is 1. The SMILES string of the molecule is CN(C)CCNC(=O)c1cccn2c(=O)c3c4c(sc3nc12)CCCC4. The molecule has 3 aromatic heterocycles. The van der Waals surface area contributed by atoms with Gasteiger partial charge in [-0.05, 0) is 57.5 Å². The molecule has 0 aromatic carbocycles. The summed E-state index contributed by atoms with van der Waals surface area (Å²) in [6.45, 7) is 1.30. The number of rotatable bonds is 4. The van der Waals surface area contributed by atoms with Gasteiger partial charge in [0.15, 0.2) is 5.65 Å². The quantitative estimate of drug-likeness (QED) is 0.764. The zero-order chi connectivity index (χ0) is 18.3. The van der Waals surface area contributed by atoms with Crippen LogP contribution >= 0.6 is 11.3 Å². The first-order valence-corrected chi connectivity index (χ1v) is 9.76. The third kappa shape index (κ3) is 2.91. The van der Waals surface area contributed by atoms with Crippen molar-refractivity contribution in [2.45, 2.75) is 25.7 Å². The summed E-state index contributed by atoms with van der Waals surface area (Å²) < 4.78 is 1.52. The summed E-state index contributed by atoms with van der Waals surface area (Å²) in [5, 5.41) is 3.65. The van der Waals surface area contributed by atoms with Gasteiger partial charge in [-0.25, -0.2) is 4.98 Å². The Morgan fingerprint density at radius 2 is 2.15 bits per heavy atom. The Morgan fingerprint density at radius 1 is 1.35 bits per heavy atom. The summed E-state index contributed by atoms with van der Waals surface area (Å²) in [5.41, 5.74) is 1.99. The minimum atomic E-state index is -0.197. The standard InChI is InChI=1S/C19H22N4O2S/c1-22(2)11-9-20-17(24)13-7-5-10-23-16(13)21-18-15(19(23)25)12-6-3-4-8-14(12)26-18/h5,7,10H,3-4,6,8-9,11H2,1-2H3,(H,20,24). The average molecular weight is 370 g/mol. The summed E-state index contributed by atoms with van der Waals surface area (Å²) in [7, 11) is 3.92. The van der Waals surface area contributed by atoms with Gasteiger partial charge in [0.25, 0.3) is 11.5 Å². The van der Waals surface area contributed by atoms with E-state index < -0.39 is 0 Å². The fraction of sp³-hybridized carbons (Fsp3) is 0.421. The van der Waals surface area contributed by atoms with Crippen molar-refractivity contribution in [3.05, 3.63) is 44.7 Å². The van der Waals surface area contributed by atoms with Crippen LogP contribution < -0.4 is 10.9 Å². The van der Waals surface area contributed by atoms with Crippen LogP contribution in [0.2, 0.25) is 0 Å². The lowest BCUT2D eigenvalue weighted by Gasteiger charge is -2.12. The normalized spacial score (nSPS) is 14.1. The van der Waals surface area contributed by atoms with E-state index in [1.54, 1.807) is 29.7 Å². The second-order valence-corrected chi connectivity index (χ2v) is 8.07. The molecule has 1 amide bonds. The zero-order valence-electron chi connectivity index (χ0n) is 15.0. The lowest BCUT2D eigenvalue weighted by molar-refractivity contribution is 0.0952. The van der Waals surface area contributed by atoms with Gasteiger partial charge in [0.1, 0.15) is 4.83 Å². The Hall–Kier alpha value is -2.25. The number of fused-ring (bicyclic) bond motifs is 4. The first-order chi connectivity index (χ1) is 12.6. The smallest absolute Gasteiger partial charge is 0.266 e. The number of thiophene rings is 1. The molecule has 3 heterocycles. The summed E-state index contributed by atoms with van der Waals surface area (Å²) in [6.07, 6.45) is 5.96. The average Bonchev–Trinajstić information content (AvgIpc) is 2.99. The minimum Gasteiger partial charge on any atom is -0.351 e. The van der Waals surface area contributed by atoms with Crippen molar-refractivity contribution in [2.75, 3.05) is 27.2 Å². The fourth-order valence-corrected chi connectivity index (χ4v) is 4.76. The van der Waals surface area contributed by atoms with E-state index in [2.05, 4.69) is 5.32 Å². The Balaban J connectivity index is 1.82. The minimum absolute atomic E-state index is 0.0626. The van der Waals surface area contributed by atoms with Crippen LogP contribution in [0.1, 0.15) is 33.6 Å². The highest BCUT2D eigenvalue weighted by Gasteiger charge is 2.22. The van der Waals surface area contributed by atoms with Gasteiger partial charge >= 0.3 is 0 Å². The number of nitrogens with zero attached hydrogens (tertiary/aromatic N) is 3. The van der Waals surface area contributed by atoms with Crippen molar-refractivity contribution >= 4 is 33.1 Å². The highest BCUT2D eigenvalue weighted by atomic mass is 32.1. The first kappa shape index (κ1) is 17.2. The molecule has 0 atom stereocenters. The van der Waals surface area contributed by atoms with E-state index in [0.29, 0.717) is 17.8 Å². The van der Waals surface area contributed by atoms with Crippen molar-refractivity contribution in [2.24, 2.45) is 0 Å². The Morgan fingerprint density at radius 3 is 2.96 bits per heavy atom. The molecule has 0 spiro atoms. The van der Waals surface area contributed by atoms with Gasteiger partial charge < -0.3 is 10.2 Å². The van der Waals surface area contributed by atoms with E-state index in [1.165, 1.54) is 21.3 Å². The molecule has 26 heavy (non-hydrogen) atoms. The molecule has 1 aliphatic rings. The van der Waals surface area contributed by atoms with E-state index in [-0.39, 0.29) is 11.5 Å². The second kappa shape index (κ2) is 6.81. The van der Waals surface area contributed by atoms with Gasteiger partial charge in [0.2, 0.25) is 0 Å². The number of carbonyl (C=O) groups excluding carboxylic acids is 1. The van der Waals surface area contributed by atoms with Crippen molar-refractivity contribution in [1.29, 1.82) is 0 Å². The number of aromatic nitrogens is 2. The van der Waals surface area contributed by atoms with Crippen LogP contribution in [0.5, 0.6) is 0 Å². The van der Waals surface area contributed by atoms with E-state index in [1.807, 2.05) is 19.0 Å². The molecule has 0 saturated heterocycles. The van der Waals surface area contributed by atoms with Crippen molar-refractivity contribution < 1.29 is 4.79 Å². The maximum atomic E-state index is 13.1. The van der Waals surface area contributed by atoms with Crippen molar-refractivity contribution in [3.63, 3.8) is 0 Å². The number of amides is 1.